The Balaban J connectivity index is 1.51. The van der Waals surface area contributed by atoms with Crippen molar-refractivity contribution >= 4 is 11.8 Å². The van der Waals surface area contributed by atoms with E-state index in [4.69, 9.17) is 0 Å². The third-order valence-electron chi connectivity index (χ3n) is 7.35. The Hall–Kier alpha value is -2.89. The number of likely N-dealkylation sites (tertiary alicyclic amines) is 1. The summed E-state index contributed by atoms with van der Waals surface area (Å²) in [6.07, 6.45) is 8.09. The normalized spacial score (nSPS) is 25.7. The molecule has 0 unspecified atom stereocenters. The van der Waals surface area contributed by atoms with Gasteiger partial charge in [-0.15, -0.1) is 0 Å². The van der Waals surface area contributed by atoms with Crippen molar-refractivity contribution in [3.63, 3.8) is 0 Å². The van der Waals surface area contributed by atoms with Crippen LogP contribution in [0.4, 0.5) is 0 Å². The predicted molar refractivity (Wildman–Crippen MR) is 127 cm³/mol. The Labute approximate surface area is 195 Å². The Bertz CT molecular complexity index is 1150. The van der Waals surface area contributed by atoms with E-state index in [-0.39, 0.29) is 45.9 Å². The van der Waals surface area contributed by atoms with Gasteiger partial charge in [0.1, 0.15) is 11.1 Å². The molecule has 2 bridgehead atoms. The van der Waals surface area contributed by atoms with Gasteiger partial charge in [0.2, 0.25) is 5.43 Å². The minimum Gasteiger partial charge on any atom is -0.349 e. The maximum Gasteiger partial charge on any atom is 0.259 e. The molecule has 3 aliphatic rings. The zero-order valence-electron chi connectivity index (χ0n) is 19.8. The largest absolute Gasteiger partial charge is 0.349 e. The fraction of sp³-hybridized carbons (Fsp3) is 0.519. The summed E-state index contributed by atoms with van der Waals surface area (Å²) >= 11 is 0. The van der Waals surface area contributed by atoms with Crippen molar-refractivity contribution in [1.29, 1.82) is 0 Å². The molecule has 1 aromatic carbocycles. The van der Waals surface area contributed by atoms with E-state index in [1.165, 1.54) is 0 Å². The predicted octanol–water partition coefficient (Wildman–Crippen LogP) is 3.83. The molecule has 1 aliphatic heterocycles. The van der Waals surface area contributed by atoms with E-state index in [1.807, 2.05) is 35.2 Å². The lowest BCUT2D eigenvalue weighted by atomic mass is 9.65. The summed E-state index contributed by atoms with van der Waals surface area (Å²) in [5.74, 6) is -0.624. The van der Waals surface area contributed by atoms with Crippen molar-refractivity contribution in [1.82, 2.24) is 14.8 Å². The van der Waals surface area contributed by atoms with Crippen LogP contribution < -0.4 is 10.7 Å². The summed E-state index contributed by atoms with van der Waals surface area (Å²) in [5, 5.41) is 2.91. The smallest absolute Gasteiger partial charge is 0.259 e. The first kappa shape index (κ1) is 21.9. The highest BCUT2D eigenvalue weighted by Crippen LogP contribution is 2.52. The van der Waals surface area contributed by atoms with Crippen LogP contribution in [0, 0.1) is 10.8 Å². The maximum atomic E-state index is 13.8. The van der Waals surface area contributed by atoms with E-state index in [9.17, 15) is 14.4 Å². The number of rotatable bonds is 5. The fourth-order valence-corrected chi connectivity index (χ4v) is 6.17. The van der Waals surface area contributed by atoms with Crippen LogP contribution in [0.5, 0.6) is 0 Å². The third kappa shape index (κ3) is 4.48. The van der Waals surface area contributed by atoms with Crippen LogP contribution in [0.15, 0.2) is 47.5 Å². The van der Waals surface area contributed by atoms with Crippen molar-refractivity contribution in [3.05, 3.63) is 69.6 Å². The summed E-state index contributed by atoms with van der Waals surface area (Å²) in [4.78, 5) is 41.9. The summed E-state index contributed by atoms with van der Waals surface area (Å²) in [5.41, 5.74) is 0.978. The first-order valence-electron chi connectivity index (χ1n) is 12.0. The van der Waals surface area contributed by atoms with Gasteiger partial charge in [-0.1, -0.05) is 51.1 Å². The second-order valence-corrected chi connectivity index (χ2v) is 11.5. The fourth-order valence-electron chi connectivity index (χ4n) is 6.17. The average molecular weight is 448 g/mol. The Morgan fingerprint density at radius 2 is 1.73 bits per heavy atom. The van der Waals surface area contributed by atoms with Crippen LogP contribution in [-0.4, -0.2) is 39.9 Å². The highest BCUT2D eigenvalue weighted by atomic mass is 16.2. The number of nitrogens with one attached hydrogen (secondary N) is 1. The van der Waals surface area contributed by atoms with E-state index >= 15 is 0 Å². The number of aromatic nitrogens is 1. The number of fused-ring (bicyclic) bond motifs is 2. The lowest BCUT2D eigenvalue weighted by Crippen LogP contribution is -2.41. The maximum absolute atomic E-state index is 13.8. The van der Waals surface area contributed by atoms with Crippen LogP contribution in [0.25, 0.3) is 0 Å². The molecule has 2 aromatic rings. The van der Waals surface area contributed by atoms with Gasteiger partial charge in [0.15, 0.2) is 0 Å². The molecule has 5 rings (SSSR count). The van der Waals surface area contributed by atoms with E-state index in [0.717, 1.165) is 37.7 Å². The summed E-state index contributed by atoms with van der Waals surface area (Å²) in [6.45, 7) is 7.93. The van der Waals surface area contributed by atoms with E-state index in [0.29, 0.717) is 13.1 Å². The van der Waals surface area contributed by atoms with Crippen molar-refractivity contribution in [2.45, 2.75) is 71.5 Å². The van der Waals surface area contributed by atoms with Crippen molar-refractivity contribution < 1.29 is 9.59 Å². The molecule has 0 radical (unpaired) electrons. The molecule has 0 spiro atoms. The molecule has 6 nitrogen and oxygen atoms in total. The minimum absolute atomic E-state index is 0.0531. The summed E-state index contributed by atoms with van der Waals surface area (Å²) in [7, 11) is 0. The number of carbonyl (C=O) groups excluding carboxylic acids is 2. The standard InChI is InChI=1S/C27H33N3O3/c1-26(2)11-20-12-27(3,16-26)17-30(20)25(33)22-15-29(13-18-7-5-4-6-8-18)14-21(23(22)31)24(32)28-19-9-10-19/h4-8,14-15,19-20H,9-13,16-17H2,1-3H3,(H,28,32)/t20-,27+/m0/s1. The SMILES string of the molecule is CC1(C)C[C@H]2C[C@@](C)(CN2C(=O)c2cn(Cc3ccccc3)cc(C(=O)NC3CC3)c2=O)C1. The first-order chi connectivity index (χ1) is 15.6. The number of amides is 2. The molecule has 1 N–H and O–H groups in total. The van der Waals surface area contributed by atoms with Gasteiger partial charge in [0.05, 0.1) is 0 Å². The lowest BCUT2D eigenvalue weighted by molar-refractivity contribution is 0.0706. The number of nitrogens with zero attached hydrogens (tertiary/aromatic N) is 2. The molecule has 2 saturated carbocycles. The monoisotopic (exact) mass is 447 g/mol. The molecule has 3 fully saturated rings. The molecular weight excluding hydrogens is 414 g/mol. The number of hydrogen-bond donors (Lipinski definition) is 1. The minimum atomic E-state index is -0.465. The second kappa shape index (κ2) is 7.86. The molecule has 2 amide bonds. The number of carbonyl (C=O) groups is 2. The number of pyridine rings is 1. The van der Waals surface area contributed by atoms with E-state index in [2.05, 4.69) is 26.1 Å². The van der Waals surface area contributed by atoms with Gasteiger partial charge >= 0.3 is 0 Å². The molecule has 1 saturated heterocycles. The van der Waals surface area contributed by atoms with Gasteiger partial charge in [-0.3, -0.25) is 14.4 Å². The second-order valence-electron chi connectivity index (χ2n) is 11.5. The third-order valence-corrected chi connectivity index (χ3v) is 7.35. The van der Waals surface area contributed by atoms with Gasteiger partial charge in [0.25, 0.3) is 11.8 Å². The van der Waals surface area contributed by atoms with Crippen LogP contribution in [0.3, 0.4) is 0 Å². The van der Waals surface area contributed by atoms with Gasteiger partial charge in [0, 0.05) is 37.6 Å². The molecule has 1 aromatic heterocycles. The molecule has 2 aliphatic carbocycles. The molecule has 33 heavy (non-hydrogen) atoms. The van der Waals surface area contributed by atoms with Crippen LogP contribution >= 0.6 is 0 Å². The highest BCUT2D eigenvalue weighted by Gasteiger charge is 2.51. The first-order valence-corrected chi connectivity index (χ1v) is 12.0. The number of benzene rings is 1. The van der Waals surface area contributed by atoms with Crippen LogP contribution in [-0.2, 0) is 6.54 Å². The van der Waals surface area contributed by atoms with Crippen LogP contribution in [0.2, 0.25) is 0 Å². The topological polar surface area (TPSA) is 71.4 Å². The van der Waals surface area contributed by atoms with Crippen molar-refractivity contribution in [2.75, 3.05) is 6.54 Å². The van der Waals surface area contributed by atoms with Gasteiger partial charge in [-0.05, 0) is 48.5 Å². The van der Waals surface area contributed by atoms with Crippen molar-refractivity contribution in [2.24, 2.45) is 10.8 Å². The van der Waals surface area contributed by atoms with Gasteiger partial charge in [-0.2, -0.15) is 0 Å². The summed E-state index contributed by atoms with van der Waals surface area (Å²) in [6, 6.07) is 10.1. The van der Waals surface area contributed by atoms with Crippen LogP contribution in [0.1, 0.15) is 79.2 Å². The molecule has 6 heteroatoms. The van der Waals surface area contributed by atoms with Crippen molar-refractivity contribution in [3.8, 4) is 0 Å². The zero-order valence-corrected chi connectivity index (χ0v) is 19.8. The van der Waals surface area contributed by atoms with E-state index in [1.54, 1.807) is 17.0 Å². The average Bonchev–Trinajstić information content (AvgIpc) is 3.51. The quantitative estimate of drug-likeness (QED) is 0.757. The molecular formula is C27H33N3O3. The molecule has 174 valence electrons. The Kier molecular flexibility index (Phi) is 5.22. The Morgan fingerprint density at radius 1 is 1.03 bits per heavy atom. The number of hydrogen-bond acceptors (Lipinski definition) is 3. The Morgan fingerprint density at radius 3 is 2.42 bits per heavy atom. The summed E-state index contributed by atoms with van der Waals surface area (Å²) < 4.78 is 1.81. The molecule has 2 heterocycles. The van der Waals surface area contributed by atoms with Gasteiger partial charge < -0.3 is 14.8 Å². The van der Waals surface area contributed by atoms with E-state index < -0.39 is 5.43 Å². The van der Waals surface area contributed by atoms with Gasteiger partial charge in [-0.25, -0.2) is 0 Å². The lowest BCUT2D eigenvalue weighted by Gasteiger charge is -2.39. The molecule has 2 atom stereocenters. The zero-order chi connectivity index (χ0) is 23.4. The highest BCUT2D eigenvalue weighted by molar-refractivity contribution is 5.99.